The number of nitrogens with zero attached hydrogens (tertiary/aromatic N) is 1. The highest BCUT2D eigenvalue weighted by Gasteiger charge is 2.28. The van der Waals surface area contributed by atoms with Crippen LogP contribution in [0, 0.1) is 0 Å². The Kier molecular flexibility index (Phi) is 4.57. The van der Waals surface area contributed by atoms with Crippen molar-refractivity contribution >= 4 is 34.6 Å². The van der Waals surface area contributed by atoms with Gasteiger partial charge in [0.1, 0.15) is 0 Å². The monoisotopic (exact) mass is 400 g/mol. The van der Waals surface area contributed by atoms with Crippen molar-refractivity contribution in [3.8, 4) is 11.3 Å². The SMILES string of the molecule is O=C(CCC(F)(F)F)Nc1cc2c3c(c(-c4ccccc4)[nH]c3c1)C=NNC2=O. The fourth-order valence-corrected chi connectivity index (χ4v) is 3.27. The topological polar surface area (TPSA) is 86.3 Å². The third-order valence-electron chi connectivity index (χ3n) is 4.52. The number of aromatic amines is 1. The molecule has 0 saturated carbocycles. The minimum Gasteiger partial charge on any atom is -0.354 e. The zero-order valence-corrected chi connectivity index (χ0v) is 14.9. The lowest BCUT2D eigenvalue weighted by molar-refractivity contribution is -0.142. The van der Waals surface area contributed by atoms with Crippen LogP contribution in [0.3, 0.4) is 0 Å². The van der Waals surface area contributed by atoms with Crippen molar-refractivity contribution in [2.45, 2.75) is 19.0 Å². The Hall–Kier alpha value is -3.62. The molecule has 2 heterocycles. The second kappa shape index (κ2) is 7.08. The first kappa shape index (κ1) is 18.7. The molecule has 148 valence electrons. The molecule has 1 aliphatic rings. The van der Waals surface area contributed by atoms with Crippen molar-refractivity contribution in [2.24, 2.45) is 5.10 Å². The first-order valence-electron chi connectivity index (χ1n) is 8.77. The van der Waals surface area contributed by atoms with E-state index >= 15 is 0 Å². The smallest absolute Gasteiger partial charge is 0.354 e. The number of amides is 2. The van der Waals surface area contributed by atoms with E-state index in [1.165, 1.54) is 12.3 Å². The third kappa shape index (κ3) is 3.84. The Labute approximate surface area is 162 Å². The molecule has 0 fully saturated rings. The molecule has 0 atom stereocenters. The van der Waals surface area contributed by atoms with Crippen LogP contribution in [-0.2, 0) is 4.79 Å². The lowest BCUT2D eigenvalue weighted by Gasteiger charge is -2.09. The zero-order valence-electron chi connectivity index (χ0n) is 14.9. The number of H-pyrrole nitrogens is 1. The average Bonchev–Trinajstić information content (AvgIpc) is 2.95. The van der Waals surface area contributed by atoms with Crippen LogP contribution in [-0.4, -0.2) is 29.2 Å². The number of aromatic nitrogens is 1. The second-order valence-electron chi connectivity index (χ2n) is 6.59. The van der Waals surface area contributed by atoms with Crippen LogP contribution in [0.2, 0.25) is 0 Å². The van der Waals surface area contributed by atoms with E-state index in [0.29, 0.717) is 16.5 Å². The molecule has 3 aromatic rings. The van der Waals surface area contributed by atoms with E-state index in [-0.39, 0.29) is 11.3 Å². The van der Waals surface area contributed by atoms with E-state index in [0.717, 1.165) is 11.3 Å². The van der Waals surface area contributed by atoms with Gasteiger partial charge in [-0.15, -0.1) is 0 Å². The highest BCUT2D eigenvalue weighted by atomic mass is 19.4. The van der Waals surface area contributed by atoms with Gasteiger partial charge in [0, 0.05) is 28.6 Å². The fourth-order valence-electron chi connectivity index (χ4n) is 3.27. The molecule has 6 nitrogen and oxygen atoms in total. The summed E-state index contributed by atoms with van der Waals surface area (Å²) in [6.45, 7) is 0. The summed E-state index contributed by atoms with van der Waals surface area (Å²) in [5.74, 6) is -1.26. The summed E-state index contributed by atoms with van der Waals surface area (Å²) in [4.78, 5) is 27.6. The van der Waals surface area contributed by atoms with Crippen molar-refractivity contribution in [1.82, 2.24) is 10.4 Å². The van der Waals surface area contributed by atoms with Crippen LogP contribution in [0.25, 0.3) is 22.2 Å². The van der Waals surface area contributed by atoms with Gasteiger partial charge in [-0.25, -0.2) is 5.43 Å². The number of rotatable bonds is 4. The molecule has 1 aromatic heterocycles. The Balaban J connectivity index is 1.76. The molecular formula is C20H15F3N4O2. The highest BCUT2D eigenvalue weighted by molar-refractivity contribution is 6.18. The van der Waals surface area contributed by atoms with Crippen molar-refractivity contribution in [1.29, 1.82) is 0 Å². The molecule has 0 bridgehead atoms. The number of nitrogens with one attached hydrogen (secondary N) is 3. The van der Waals surface area contributed by atoms with Gasteiger partial charge in [-0.3, -0.25) is 9.59 Å². The quantitative estimate of drug-likeness (QED) is 0.613. The molecule has 3 N–H and O–H groups in total. The highest BCUT2D eigenvalue weighted by Crippen LogP contribution is 2.34. The predicted molar refractivity (Wildman–Crippen MR) is 103 cm³/mol. The van der Waals surface area contributed by atoms with Gasteiger partial charge in [0.25, 0.3) is 5.91 Å². The minimum atomic E-state index is -4.42. The van der Waals surface area contributed by atoms with Gasteiger partial charge < -0.3 is 10.3 Å². The second-order valence-corrected chi connectivity index (χ2v) is 6.59. The van der Waals surface area contributed by atoms with E-state index in [4.69, 9.17) is 0 Å². The first-order chi connectivity index (χ1) is 13.8. The van der Waals surface area contributed by atoms with Gasteiger partial charge in [-0.05, 0) is 17.7 Å². The van der Waals surface area contributed by atoms with Crippen molar-refractivity contribution in [2.75, 3.05) is 5.32 Å². The summed E-state index contributed by atoms with van der Waals surface area (Å²) in [6, 6.07) is 12.4. The normalized spacial score (nSPS) is 13.3. The van der Waals surface area contributed by atoms with Crippen LogP contribution < -0.4 is 10.7 Å². The van der Waals surface area contributed by atoms with Gasteiger partial charge in [0.15, 0.2) is 0 Å². The van der Waals surface area contributed by atoms with E-state index in [1.54, 1.807) is 6.07 Å². The van der Waals surface area contributed by atoms with Crippen molar-refractivity contribution in [3.05, 3.63) is 53.6 Å². The van der Waals surface area contributed by atoms with Gasteiger partial charge in [0.05, 0.1) is 23.9 Å². The number of carbonyl (C=O) groups excluding carboxylic acids is 2. The number of anilines is 1. The molecule has 4 rings (SSSR count). The molecule has 9 heteroatoms. The maximum Gasteiger partial charge on any atom is 0.389 e. The summed E-state index contributed by atoms with van der Waals surface area (Å²) in [5.41, 5.74) is 5.77. The van der Waals surface area contributed by atoms with E-state index in [9.17, 15) is 22.8 Å². The summed E-state index contributed by atoms with van der Waals surface area (Å²) in [6.07, 6.45) is -4.79. The van der Waals surface area contributed by atoms with E-state index < -0.39 is 30.8 Å². The molecule has 0 unspecified atom stereocenters. The molecular weight excluding hydrogens is 385 g/mol. The zero-order chi connectivity index (χ0) is 20.6. The summed E-state index contributed by atoms with van der Waals surface area (Å²) >= 11 is 0. The van der Waals surface area contributed by atoms with Gasteiger partial charge in [-0.2, -0.15) is 18.3 Å². The number of hydrazone groups is 1. The largest absolute Gasteiger partial charge is 0.389 e. The Morgan fingerprint density at radius 1 is 1.14 bits per heavy atom. The molecule has 29 heavy (non-hydrogen) atoms. The van der Waals surface area contributed by atoms with Gasteiger partial charge in [-0.1, -0.05) is 30.3 Å². The summed E-state index contributed by atoms with van der Waals surface area (Å²) in [5, 5.41) is 7.00. The number of benzene rings is 2. The van der Waals surface area contributed by atoms with Crippen molar-refractivity contribution in [3.63, 3.8) is 0 Å². The Bertz CT molecular complexity index is 1130. The van der Waals surface area contributed by atoms with E-state index in [1.807, 2.05) is 30.3 Å². The van der Waals surface area contributed by atoms with Gasteiger partial charge in [0.2, 0.25) is 5.91 Å². The molecule has 0 radical (unpaired) electrons. The molecule has 1 aliphatic heterocycles. The first-order valence-corrected chi connectivity index (χ1v) is 8.77. The Morgan fingerprint density at radius 3 is 2.62 bits per heavy atom. The van der Waals surface area contributed by atoms with Crippen LogP contribution >= 0.6 is 0 Å². The molecule has 0 aliphatic carbocycles. The maximum absolute atomic E-state index is 12.4. The number of alkyl halides is 3. The van der Waals surface area contributed by atoms with Crippen LogP contribution in [0.5, 0.6) is 0 Å². The molecule has 0 spiro atoms. The molecule has 2 amide bonds. The van der Waals surface area contributed by atoms with Gasteiger partial charge >= 0.3 is 6.18 Å². The van der Waals surface area contributed by atoms with Crippen LogP contribution in [0.15, 0.2) is 47.6 Å². The Morgan fingerprint density at radius 2 is 1.90 bits per heavy atom. The standard InChI is InChI=1S/C20H15F3N4O2/c21-20(22,23)7-6-16(28)25-12-8-13-17-14(10-24-27-19(13)29)18(26-15(17)9-12)11-4-2-1-3-5-11/h1-5,8-10,26H,6-7H2,(H,25,28)(H,27,29). The van der Waals surface area contributed by atoms with Crippen LogP contribution in [0.1, 0.15) is 28.8 Å². The van der Waals surface area contributed by atoms with Crippen molar-refractivity contribution < 1.29 is 22.8 Å². The number of hydrogen-bond donors (Lipinski definition) is 3. The predicted octanol–water partition coefficient (Wildman–Crippen LogP) is 4.19. The average molecular weight is 400 g/mol. The minimum absolute atomic E-state index is 0.226. The lowest BCUT2D eigenvalue weighted by Crippen LogP contribution is -2.18. The summed E-state index contributed by atoms with van der Waals surface area (Å²) in [7, 11) is 0. The van der Waals surface area contributed by atoms with E-state index in [2.05, 4.69) is 20.8 Å². The fraction of sp³-hybridized carbons (Fsp3) is 0.150. The maximum atomic E-state index is 12.4. The third-order valence-corrected chi connectivity index (χ3v) is 4.52. The van der Waals surface area contributed by atoms with Crippen LogP contribution in [0.4, 0.5) is 18.9 Å². The number of hydrogen-bond acceptors (Lipinski definition) is 3. The molecule has 2 aromatic carbocycles. The number of carbonyl (C=O) groups is 2. The molecule has 0 saturated heterocycles. The summed E-state index contributed by atoms with van der Waals surface area (Å²) < 4.78 is 37.0. The lowest BCUT2D eigenvalue weighted by atomic mass is 10.0. The number of halogens is 3.